The topological polar surface area (TPSA) is 84.7 Å². The molecular formula is C7H6N4OS. The molecule has 0 saturated heterocycles. The summed E-state index contributed by atoms with van der Waals surface area (Å²) in [7, 11) is 0. The van der Waals surface area contributed by atoms with E-state index in [-0.39, 0.29) is 5.56 Å². The molecule has 0 aliphatic heterocycles. The van der Waals surface area contributed by atoms with Crippen molar-refractivity contribution in [2.45, 2.75) is 0 Å². The smallest absolute Gasteiger partial charge is 0.248 e. The molecule has 0 radical (unpaired) electrons. The molecule has 13 heavy (non-hydrogen) atoms. The van der Waals surface area contributed by atoms with Crippen LogP contribution >= 0.6 is 11.3 Å². The van der Waals surface area contributed by atoms with Gasteiger partial charge in [0.05, 0.1) is 5.69 Å². The maximum absolute atomic E-state index is 10.9. The number of pyridine rings is 1. The lowest BCUT2D eigenvalue weighted by molar-refractivity contribution is 1.09. The quantitative estimate of drug-likeness (QED) is 0.691. The number of nitrogens with two attached hydrogens (primary N) is 1. The summed E-state index contributed by atoms with van der Waals surface area (Å²) in [5.74, 6) is 0. The van der Waals surface area contributed by atoms with Crippen molar-refractivity contribution < 1.29 is 0 Å². The molecule has 2 rings (SSSR count). The molecule has 0 atom stereocenters. The first-order valence-electron chi connectivity index (χ1n) is 3.54. The number of anilines is 1. The number of hydrogen-bond donors (Lipinski definition) is 2. The molecule has 0 unspecified atom stereocenters. The van der Waals surface area contributed by atoms with E-state index < -0.39 is 0 Å². The second-order valence-corrected chi connectivity index (χ2v) is 3.38. The van der Waals surface area contributed by atoms with Gasteiger partial charge in [-0.15, -0.1) is 10.2 Å². The van der Waals surface area contributed by atoms with Gasteiger partial charge in [0.1, 0.15) is 0 Å². The number of nitrogen functional groups attached to an aromatic ring is 1. The lowest BCUT2D eigenvalue weighted by atomic mass is 10.4. The van der Waals surface area contributed by atoms with E-state index in [9.17, 15) is 4.79 Å². The standard InChI is InChI=1S/C7H6N4OS/c8-7-11-10-6(13-7)4-2-1-3-5(12)9-4/h1-3H,(H2,8,11)(H,9,12). The summed E-state index contributed by atoms with van der Waals surface area (Å²) >= 11 is 1.23. The van der Waals surface area contributed by atoms with Gasteiger partial charge in [-0.25, -0.2) is 0 Å². The maximum Gasteiger partial charge on any atom is 0.248 e. The number of hydrogen-bond acceptors (Lipinski definition) is 5. The van der Waals surface area contributed by atoms with Gasteiger partial charge < -0.3 is 10.7 Å². The Bertz CT molecular complexity index is 475. The normalized spacial score (nSPS) is 10.2. The summed E-state index contributed by atoms with van der Waals surface area (Å²) in [6, 6.07) is 4.85. The van der Waals surface area contributed by atoms with Crippen molar-refractivity contribution in [2.24, 2.45) is 0 Å². The Balaban J connectivity index is 2.52. The molecule has 0 fully saturated rings. The Morgan fingerprint density at radius 2 is 2.23 bits per heavy atom. The van der Waals surface area contributed by atoms with E-state index in [1.807, 2.05) is 0 Å². The molecule has 0 bridgehead atoms. The molecule has 0 aliphatic rings. The average Bonchev–Trinajstić information content (AvgIpc) is 2.52. The average molecular weight is 194 g/mol. The molecule has 0 aromatic carbocycles. The highest BCUT2D eigenvalue weighted by Gasteiger charge is 2.03. The van der Waals surface area contributed by atoms with Crippen molar-refractivity contribution in [3.63, 3.8) is 0 Å². The largest absolute Gasteiger partial charge is 0.374 e. The molecule has 2 aromatic heterocycles. The SMILES string of the molecule is Nc1nnc(-c2cccc(=O)[nH]2)s1. The second-order valence-electron chi connectivity index (χ2n) is 2.37. The number of rotatable bonds is 1. The zero-order valence-corrected chi connectivity index (χ0v) is 7.34. The fourth-order valence-electron chi connectivity index (χ4n) is 0.916. The third kappa shape index (κ3) is 1.57. The molecule has 0 saturated carbocycles. The van der Waals surface area contributed by atoms with Gasteiger partial charge in [0.25, 0.3) is 0 Å². The van der Waals surface area contributed by atoms with Gasteiger partial charge in [0.2, 0.25) is 10.7 Å². The molecule has 2 aromatic rings. The van der Waals surface area contributed by atoms with Gasteiger partial charge in [0, 0.05) is 6.07 Å². The maximum atomic E-state index is 10.9. The van der Waals surface area contributed by atoms with Crippen molar-refractivity contribution in [2.75, 3.05) is 5.73 Å². The molecule has 66 valence electrons. The van der Waals surface area contributed by atoms with Gasteiger partial charge >= 0.3 is 0 Å². The number of aromatic nitrogens is 3. The number of H-pyrrole nitrogens is 1. The predicted molar refractivity (Wildman–Crippen MR) is 50.4 cm³/mol. The van der Waals surface area contributed by atoms with E-state index in [1.165, 1.54) is 17.4 Å². The van der Waals surface area contributed by atoms with Crippen LogP contribution in [0.1, 0.15) is 0 Å². The lowest BCUT2D eigenvalue weighted by Gasteiger charge is -1.91. The zero-order chi connectivity index (χ0) is 9.26. The first-order chi connectivity index (χ1) is 6.25. The van der Waals surface area contributed by atoms with Crippen LogP contribution in [0.5, 0.6) is 0 Å². The van der Waals surface area contributed by atoms with Crippen molar-refractivity contribution in [3.8, 4) is 10.7 Å². The van der Waals surface area contributed by atoms with E-state index in [0.717, 1.165) is 0 Å². The Hall–Kier alpha value is -1.69. The minimum atomic E-state index is -0.161. The number of aromatic amines is 1. The summed E-state index contributed by atoms with van der Waals surface area (Å²) < 4.78 is 0. The first-order valence-corrected chi connectivity index (χ1v) is 4.36. The predicted octanol–water partition coefficient (Wildman–Crippen LogP) is 0.476. The van der Waals surface area contributed by atoms with Crippen LogP contribution < -0.4 is 11.3 Å². The first kappa shape index (κ1) is 7.93. The molecule has 0 amide bonds. The van der Waals surface area contributed by atoms with E-state index in [0.29, 0.717) is 15.8 Å². The molecule has 6 heteroatoms. The van der Waals surface area contributed by atoms with E-state index >= 15 is 0 Å². The van der Waals surface area contributed by atoms with Gasteiger partial charge in [-0.1, -0.05) is 17.4 Å². The van der Waals surface area contributed by atoms with Crippen LogP contribution in [0.2, 0.25) is 0 Å². The summed E-state index contributed by atoms with van der Waals surface area (Å²) in [5, 5.41) is 8.46. The second kappa shape index (κ2) is 2.98. The molecule has 5 nitrogen and oxygen atoms in total. The van der Waals surface area contributed by atoms with Gasteiger partial charge in [-0.2, -0.15) is 0 Å². The van der Waals surface area contributed by atoms with Gasteiger partial charge in [0.15, 0.2) is 5.01 Å². The highest BCUT2D eigenvalue weighted by atomic mass is 32.1. The van der Waals surface area contributed by atoms with Crippen LogP contribution in [0.25, 0.3) is 10.7 Å². The Labute approximate surface area is 77.3 Å². The van der Waals surface area contributed by atoms with Gasteiger partial charge in [-0.3, -0.25) is 4.79 Å². The van der Waals surface area contributed by atoms with Crippen molar-refractivity contribution >= 4 is 16.5 Å². The van der Waals surface area contributed by atoms with Crippen LogP contribution in [-0.4, -0.2) is 15.2 Å². The Morgan fingerprint density at radius 3 is 2.85 bits per heavy atom. The Morgan fingerprint density at radius 1 is 1.38 bits per heavy atom. The Kier molecular flexibility index (Phi) is 1.82. The van der Waals surface area contributed by atoms with E-state index in [4.69, 9.17) is 5.73 Å². The van der Waals surface area contributed by atoms with Crippen LogP contribution in [0, 0.1) is 0 Å². The lowest BCUT2D eigenvalue weighted by Crippen LogP contribution is -2.03. The fraction of sp³-hybridized carbons (Fsp3) is 0. The van der Waals surface area contributed by atoms with Crippen LogP contribution in [0.3, 0.4) is 0 Å². The highest BCUT2D eigenvalue weighted by molar-refractivity contribution is 7.18. The van der Waals surface area contributed by atoms with Crippen LogP contribution in [-0.2, 0) is 0 Å². The zero-order valence-electron chi connectivity index (χ0n) is 6.52. The monoisotopic (exact) mass is 194 g/mol. The van der Waals surface area contributed by atoms with Crippen molar-refractivity contribution in [1.82, 2.24) is 15.2 Å². The van der Waals surface area contributed by atoms with Crippen LogP contribution in [0.4, 0.5) is 5.13 Å². The van der Waals surface area contributed by atoms with Crippen LogP contribution in [0.15, 0.2) is 23.0 Å². The third-order valence-corrected chi connectivity index (χ3v) is 2.23. The highest BCUT2D eigenvalue weighted by Crippen LogP contribution is 2.20. The molecule has 0 aliphatic carbocycles. The number of nitrogens with one attached hydrogen (secondary N) is 1. The minimum absolute atomic E-state index is 0.161. The van der Waals surface area contributed by atoms with Gasteiger partial charge in [-0.05, 0) is 6.07 Å². The fourth-order valence-corrected chi connectivity index (χ4v) is 1.51. The summed E-state index contributed by atoms with van der Waals surface area (Å²) in [6.45, 7) is 0. The van der Waals surface area contributed by atoms with E-state index in [2.05, 4.69) is 15.2 Å². The summed E-state index contributed by atoms with van der Waals surface area (Å²) in [6.07, 6.45) is 0. The molecule has 2 heterocycles. The third-order valence-electron chi connectivity index (χ3n) is 1.44. The number of nitrogens with zero attached hydrogens (tertiary/aromatic N) is 2. The molecule has 3 N–H and O–H groups in total. The van der Waals surface area contributed by atoms with Crippen molar-refractivity contribution in [3.05, 3.63) is 28.6 Å². The summed E-state index contributed by atoms with van der Waals surface area (Å²) in [4.78, 5) is 13.6. The molecular weight excluding hydrogens is 188 g/mol. The van der Waals surface area contributed by atoms with E-state index in [1.54, 1.807) is 12.1 Å². The minimum Gasteiger partial charge on any atom is -0.374 e. The summed E-state index contributed by atoms with van der Waals surface area (Å²) in [5.41, 5.74) is 5.89. The van der Waals surface area contributed by atoms with Crippen molar-refractivity contribution in [1.29, 1.82) is 0 Å². The molecule has 0 spiro atoms.